The molecule has 1 aliphatic rings. The van der Waals surface area contributed by atoms with Crippen LogP contribution in [0.25, 0.3) is 11.4 Å². The van der Waals surface area contributed by atoms with Crippen molar-refractivity contribution in [3.8, 4) is 11.4 Å². The topological polar surface area (TPSA) is 108 Å². The van der Waals surface area contributed by atoms with E-state index in [1.807, 2.05) is 0 Å². The van der Waals surface area contributed by atoms with Crippen LogP contribution in [-0.4, -0.2) is 26.8 Å². The molecule has 0 aliphatic heterocycles. The number of aromatic amines is 1. The molecule has 0 unspecified atom stereocenters. The summed E-state index contributed by atoms with van der Waals surface area (Å²) in [6.07, 6.45) is 2.67. The molecule has 3 rings (SSSR count). The number of amides is 1. The molecule has 7 heteroatoms. The van der Waals surface area contributed by atoms with Crippen LogP contribution in [-0.2, 0) is 4.79 Å². The fourth-order valence-corrected chi connectivity index (χ4v) is 2.53. The number of nitrogens with one attached hydrogen (secondary N) is 2. The van der Waals surface area contributed by atoms with Gasteiger partial charge >= 0.3 is 5.76 Å². The van der Waals surface area contributed by atoms with Gasteiger partial charge in [0.05, 0.1) is 0 Å². The molecule has 21 heavy (non-hydrogen) atoms. The van der Waals surface area contributed by atoms with Crippen molar-refractivity contribution in [1.82, 2.24) is 10.1 Å². The van der Waals surface area contributed by atoms with Crippen LogP contribution in [0.3, 0.4) is 0 Å². The minimum absolute atomic E-state index is 0.288. The quantitative estimate of drug-likeness (QED) is 0.788. The Morgan fingerprint density at radius 3 is 2.81 bits per heavy atom. The van der Waals surface area contributed by atoms with E-state index in [2.05, 4.69) is 20.0 Å². The Bertz CT molecular complexity index is 713. The van der Waals surface area contributed by atoms with Crippen LogP contribution in [0.5, 0.6) is 0 Å². The third kappa shape index (κ3) is 2.73. The van der Waals surface area contributed by atoms with Gasteiger partial charge in [-0.05, 0) is 37.8 Å². The average molecular weight is 289 g/mol. The van der Waals surface area contributed by atoms with Gasteiger partial charge in [0.1, 0.15) is 5.60 Å². The normalized spacial score (nSPS) is 16.8. The van der Waals surface area contributed by atoms with Crippen molar-refractivity contribution in [3.63, 3.8) is 0 Å². The molecule has 110 valence electrons. The molecule has 1 aromatic heterocycles. The minimum atomic E-state index is -1.28. The molecular formula is C14H15N3O4. The Morgan fingerprint density at radius 1 is 1.38 bits per heavy atom. The minimum Gasteiger partial charge on any atom is -0.380 e. The van der Waals surface area contributed by atoms with E-state index in [1.54, 1.807) is 24.3 Å². The van der Waals surface area contributed by atoms with Crippen LogP contribution in [0.4, 0.5) is 5.69 Å². The van der Waals surface area contributed by atoms with E-state index in [1.165, 1.54) is 0 Å². The molecular weight excluding hydrogens is 274 g/mol. The van der Waals surface area contributed by atoms with E-state index < -0.39 is 17.3 Å². The summed E-state index contributed by atoms with van der Waals surface area (Å²) in [6, 6.07) is 6.81. The summed E-state index contributed by atoms with van der Waals surface area (Å²) in [6.45, 7) is 0. The Morgan fingerprint density at radius 2 is 2.14 bits per heavy atom. The number of anilines is 1. The molecule has 3 N–H and O–H groups in total. The van der Waals surface area contributed by atoms with Gasteiger partial charge in [-0.15, -0.1) is 0 Å². The number of aliphatic hydroxyl groups is 1. The van der Waals surface area contributed by atoms with Crippen LogP contribution in [0.2, 0.25) is 0 Å². The standard InChI is InChI=1S/C14H15N3O4/c18-12(14(20)6-1-2-7-14)15-10-5-3-4-9(8-10)11-16-13(19)21-17-11/h3-5,8,20H,1-2,6-7H2,(H,15,18)(H,16,17,19). The highest BCUT2D eigenvalue weighted by Gasteiger charge is 2.38. The number of nitrogens with zero attached hydrogens (tertiary/aromatic N) is 1. The monoisotopic (exact) mass is 289 g/mol. The summed E-state index contributed by atoms with van der Waals surface area (Å²) in [7, 11) is 0. The van der Waals surface area contributed by atoms with Gasteiger partial charge in [-0.25, -0.2) is 4.79 Å². The molecule has 0 radical (unpaired) electrons. The SMILES string of the molecule is O=C(Nc1cccc(-c2noc(=O)[nH]2)c1)C1(O)CCCC1. The van der Waals surface area contributed by atoms with Crippen molar-refractivity contribution in [1.29, 1.82) is 0 Å². The molecule has 0 atom stereocenters. The summed E-state index contributed by atoms with van der Waals surface area (Å²) in [5.74, 6) is -0.749. The summed E-state index contributed by atoms with van der Waals surface area (Å²) in [5.41, 5.74) is -0.142. The lowest BCUT2D eigenvalue weighted by Crippen LogP contribution is -2.40. The molecule has 1 heterocycles. The van der Waals surface area contributed by atoms with Gasteiger partial charge in [-0.2, -0.15) is 0 Å². The van der Waals surface area contributed by atoms with E-state index in [-0.39, 0.29) is 5.82 Å². The van der Waals surface area contributed by atoms with Crippen molar-refractivity contribution in [2.45, 2.75) is 31.3 Å². The first kappa shape index (κ1) is 13.6. The maximum absolute atomic E-state index is 12.1. The molecule has 0 bridgehead atoms. The van der Waals surface area contributed by atoms with Crippen molar-refractivity contribution >= 4 is 11.6 Å². The number of rotatable bonds is 3. The van der Waals surface area contributed by atoms with Crippen LogP contribution >= 0.6 is 0 Å². The average Bonchev–Trinajstić information content (AvgIpc) is 3.09. The summed E-state index contributed by atoms with van der Waals surface area (Å²) < 4.78 is 4.45. The first-order valence-corrected chi connectivity index (χ1v) is 6.77. The van der Waals surface area contributed by atoms with E-state index in [0.29, 0.717) is 24.1 Å². The van der Waals surface area contributed by atoms with Gasteiger partial charge in [-0.1, -0.05) is 17.3 Å². The van der Waals surface area contributed by atoms with Gasteiger partial charge in [0.15, 0.2) is 5.82 Å². The Labute approximate surface area is 120 Å². The zero-order valence-corrected chi connectivity index (χ0v) is 11.3. The molecule has 1 aromatic carbocycles. The highest BCUT2D eigenvalue weighted by molar-refractivity contribution is 5.97. The third-order valence-corrected chi connectivity index (χ3v) is 3.69. The molecule has 7 nitrogen and oxygen atoms in total. The number of benzene rings is 1. The first-order chi connectivity index (χ1) is 10.1. The molecule has 1 aliphatic carbocycles. The zero-order valence-electron chi connectivity index (χ0n) is 11.3. The van der Waals surface area contributed by atoms with Gasteiger partial charge in [0.25, 0.3) is 5.91 Å². The fourth-order valence-electron chi connectivity index (χ4n) is 2.53. The molecule has 0 saturated heterocycles. The summed E-state index contributed by atoms with van der Waals surface area (Å²) in [4.78, 5) is 25.5. The number of carbonyl (C=O) groups is 1. The Balaban J connectivity index is 1.80. The molecule has 1 amide bonds. The number of carbonyl (C=O) groups excluding carboxylic acids is 1. The van der Waals surface area contributed by atoms with Crippen molar-refractivity contribution in [2.75, 3.05) is 5.32 Å². The second kappa shape index (κ2) is 5.17. The molecule has 1 fully saturated rings. The lowest BCUT2D eigenvalue weighted by molar-refractivity contribution is -0.133. The maximum atomic E-state index is 12.1. The molecule has 2 aromatic rings. The van der Waals surface area contributed by atoms with Crippen LogP contribution in [0.15, 0.2) is 33.6 Å². The fraction of sp³-hybridized carbons (Fsp3) is 0.357. The highest BCUT2D eigenvalue weighted by atomic mass is 16.5. The second-order valence-corrected chi connectivity index (χ2v) is 5.22. The molecule has 0 spiro atoms. The van der Waals surface area contributed by atoms with Crippen molar-refractivity contribution in [3.05, 3.63) is 34.8 Å². The number of hydrogen-bond acceptors (Lipinski definition) is 5. The number of aromatic nitrogens is 2. The van der Waals surface area contributed by atoms with Crippen LogP contribution < -0.4 is 11.1 Å². The van der Waals surface area contributed by atoms with E-state index in [9.17, 15) is 14.7 Å². The smallest absolute Gasteiger partial charge is 0.380 e. The largest absolute Gasteiger partial charge is 0.439 e. The Kier molecular flexibility index (Phi) is 3.34. The highest BCUT2D eigenvalue weighted by Crippen LogP contribution is 2.31. The lowest BCUT2D eigenvalue weighted by atomic mass is 10.0. The predicted molar refractivity (Wildman–Crippen MR) is 74.6 cm³/mol. The van der Waals surface area contributed by atoms with Gasteiger partial charge < -0.3 is 10.4 Å². The van der Waals surface area contributed by atoms with E-state index in [4.69, 9.17) is 0 Å². The van der Waals surface area contributed by atoms with Crippen molar-refractivity contribution in [2.24, 2.45) is 0 Å². The Hall–Kier alpha value is -2.41. The maximum Gasteiger partial charge on any atom is 0.439 e. The second-order valence-electron chi connectivity index (χ2n) is 5.22. The van der Waals surface area contributed by atoms with E-state index >= 15 is 0 Å². The zero-order chi connectivity index (χ0) is 14.9. The van der Waals surface area contributed by atoms with Gasteiger partial charge in [-0.3, -0.25) is 14.3 Å². The van der Waals surface area contributed by atoms with Crippen molar-refractivity contribution < 1.29 is 14.4 Å². The lowest BCUT2D eigenvalue weighted by Gasteiger charge is -2.21. The third-order valence-electron chi connectivity index (χ3n) is 3.69. The number of hydrogen-bond donors (Lipinski definition) is 3. The van der Waals surface area contributed by atoms with Crippen LogP contribution in [0.1, 0.15) is 25.7 Å². The summed E-state index contributed by atoms with van der Waals surface area (Å²) in [5, 5.41) is 16.5. The predicted octanol–water partition coefficient (Wildman–Crippen LogP) is 1.27. The number of H-pyrrole nitrogens is 1. The van der Waals surface area contributed by atoms with E-state index in [0.717, 1.165) is 12.8 Å². The molecule has 1 saturated carbocycles. The van der Waals surface area contributed by atoms with Crippen LogP contribution in [0, 0.1) is 0 Å². The van der Waals surface area contributed by atoms with Gasteiger partial charge in [0, 0.05) is 11.3 Å². The van der Waals surface area contributed by atoms with Gasteiger partial charge in [0.2, 0.25) is 0 Å². The summed E-state index contributed by atoms with van der Waals surface area (Å²) >= 11 is 0. The first-order valence-electron chi connectivity index (χ1n) is 6.77.